The predicted octanol–water partition coefficient (Wildman–Crippen LogP) is 5.00. The van der Waals surface area contributed by atoms with Gasteiger partial charge in [-0.25, -0.2) is 4.98 Å². The third-order valence-corrected chi connectivity index (χ3v) is 5.35. The Morgan fingerprint density at radius 3 is 2.52 bits per heavy atom. The van der Waals surface area contributed by atoms with Crippen molar-refractivity contribution in [3.05, 3.63) is 36.0 Å². The second-order valence-electron chi connectivity index (χ2n) is 7.81. The predicted molar refractivity (Wildman–Crippen MR) is 115 cm³/mol. The van der Waals surface area contributed by atoms with Crippen LogP contribution in [0.4, 0.5) is 23.1 Å². The largest absolute Gasteiger partial charge is 0.372 e. The van der Waals surface area contributed by atoms with Crippen LogP contribution in [0.15, 0.2) is 30.3 Å². The second-order valence-corrected chi connectivity index (χ2v) is 7.81. The van der Waals surface area contributed by atoms with Crippen LogP contribution in [0.1, 0.15) is 45.2 Å². The van der Waals surface area contributed by atoms with Gasteiger partial charge in [0.25, 0.3) is 0 Å². The lowest BCUT2D eigenvalue weighted by molar-refractivity contribution is 0.438. The molecule has 5 heteroatoms. The standard InChI is InChI=1S/C22H33N5/c1-5-6-13-26(4)21-16-18(3)23-22(25-21)24-19-7-9-20(10-8-19)27-14-11-17(2)12-15-27/h7-10,16-17H,5-6,11-15H2,1-4H3,(H,23,24,25). The molecule has 1 fully saturated rings. The van der Waals surface area contributed by atoms with Crippen molar-refractivity contribution in [3.8, 4) is 0 Å². The van der Waals surface area contributed by atoms with Gasteiger partial charge in [-0.05, 0) is 56.4 Å². The smallest absolute Gasteiger partial charge is 0.229 e. The number of nitrogens with one attached hydrogen (secondary N) is 1. The Kier molecular flexibility index (Phi) is 6.54. The SMILES string of the molecule is CCCCN(C)c1cc(C)nc(Nc2ccc(N3CCC(C)CC3)cc2)n1. The van der Waals surface area contributed by atoms with Crippen molar-refractivity contribution in [2.45, 2.75) is 46.5 Å². The molecule has 0 spiro atoms. The average molecular weight is 368 g/mol. The summed E-state index contributed by atoms with van der Waals surface area (Å²) in [7, 11) is 2.09. The van der Waals surface area contributed by atoms with Gasteiger partial charge >= 0.3 is 0 Å². The number of benzene rings is 1. The molecule has 0 bridgehead atoms. The second kappa shape index (κ2) is 9.07. The number of aromatic nitrogens is 2. The monoisotopic (exact) mass is 367 g/mol. The molecule has 5 nitrogen and oxygen atoms in total. The highest BCUT2D eigenvalue weighted by Gasteiger charge is 2.16. The molecule has 2 aromatic rings. The number of aryl methyl sites for hydroxylation is 1. The zero-order valence-electron chi connectivity index (χ0n) is 17.2. The van der Waals surface area contributed by atoms with Gasteiger partial charge in [0.05, 0.1) is 0 Å². The number of unbranched alkanes of at least 4 members (excludes halogenated alkanes) is 1. The summed E-state index contributed by atoms with van der Waals surface area (Å²) in [6.45, 7) is 9.89. The first-order chi connectivity index (χ1) is 13.0. The van der Waals surface area contributed by atoms with Crippen molar-refractivity contribution >= 4 is 23.1 Å². The van der Waals surface area contributed by atoms with E-state index in [1.807, 2.05) is 13.0 Å². The maximum atomic E-state index is 4.70. The molecule has 27 heavy (non-hydrogen) atoms. The number of hydrogen-bond donors (Lipinski definition) is 1. The van der Waals surface area contributed by atoms with Crippen LogP contribution in [0.25, 0.3) is 0 Å². The minimum atomic E-state index is 0.660. The molecule has 0 atom stereocenters. The summed E-state index contributed by atoms with van der Waals surface area (Å²) >= 11 is 0. The van der Waals surface area contributed by atoms with Crippen LogP contribution in [0, 0.1) is 12.8 Å². The third-order valence-electron chi connectivity index (χ3n) is 5.35. The molecule has 0 radical (unpaired) electrons. The van der Waals surface area contributed by atoms with E-state index in [0.717, 1.165) is 42.8 Å². The fourth-order valence-electron chi connectivity index (χ4n) is 3.46. The Labute approximate surface area is 163 Å². The number of piperidine rings is 1. The molecule has 1 aromatic heterocycles. The summed E-state index contributed by atoms with van der Waals surface area (Å²) in [5.74, 6) is 2.48. The summed E-state index contributed by atoms with van der Waals surface area (Å²) in [6.07, 6.45) is 4.91. The molecule has 2 heterocycles. The van der Waals surface area contributed by atoms with Crippen molar-refractivity contribution in [1.82, 2.24) is 9.97 Å². The van der Waals surface area contributed by atoms with Crippen molar-refractivity contribution < 1.29 is 0 Å². The van der Waals surface area contributed by atoms with Crippen LogP contribution < -0.4 is 15.1 Å². The quantitative estimate of drug-likeness (QED) is 0.746. The van der Waals surface area contributed by atoms with Crippen LogP contribution in [0.3, 0.4) is 0 Å². The van der Waals surface area contributed by atoms with E-state index < -0.39 is 0 Å². The van der Waals surface area contributed by atoms with Gasteiger partial charge in [-0.1, -0.05) is 20.3 Å². The number of rotatable bonds is 7. The zero-order valence-corrected chi connectivity index (χ0v) is 17.2. The molecular weight excluding hydrogens is 334 g/mol. The maximum absolute atomic E-state index is 4.70. The van der Waals surface area contributed by atoms with Crippen molar-refractivity contribution in [3.63, 3.8) is 0 Å². The lowest BCUT2D eigenvalue weighted by Crippen LogP contribution is -2.32. The van der Waals surface area contributed by atoms with Gasteiger partial charge < -0.3 is 15.1 Å². The van der Waals surface area contributed by atoms with Gasteiger partial charge in [-0.3, -0.25) is 0 Å². The molecule has 146 valence electrons. The maximum Gasteiger partial charge on any atom is 0.229 e. The van der Waals surface area contributed by atoms with Gasteiger partial charge in [-0.2, -0.15) is 4.98 Å². The van der Waals surface area contributed by atoms with Crippen LogP contribution >= 0.6 is 0 Å². The summed E-state index contributed by atoms with van der Waals surface area (Å²) < 4.78 is 0. The van der Waals surface area contributed by atoms with Gasteiger partial charge in [0.2, 0.25) is 5.95 Å². The minimum absolute atomic E-state index is 0.660. The van der Waals surface area contributed by atoms with Gasteiger partial charge in [0.15, 0.2) is 0 Å². The van der Waals surface area contributed by atoms with E-state index in [0.29, 0.717) is 5.95 Å². The van der Waals surface area contributed by atoms with E-state index in [1.54, 1.807) is 0 Å². The lowest BCUT2D eigenvalue weighted by Gasteiger charge is -2.32. The Bertz CT molecular complexity index is 720. The average Bonchev–Trinajstić information content (AvgIpc) is 2.67. The van der Waals surface area contributed by atoms with E-state index in [4.69, 9.17) is 4.98 Å². The fraction of sp³-hybridized carbons (Fsp3) is 0.545. The van der Waals surface area contributed by atoms with Gasteiger partial charge in [0, 0.05) is 49.8 Å². The summed E-state index contributed by atoms with van der Waals surface area (Å²) in [4.78, 5) is 13.9. The summed E-state index contributed by atoms with van der Waals surface area (Å²) in [5, 5.41) is 3.37. The fourth-order valence-corrected chi connectivity index (χ4v) is 3.46. The Morgan fingerprint density at radius 1 is 1.15 bits per heavy atom. The Balaban J connectivity index is 1.67. The molecule has 1 aliphatic rings. The highest BCUT2D eigenvalue weighted by atomic mass is 15.2. The zero-order chi connectivity index (χ0) is 19.2. The number of nitrogens with zero attached hydrogens (tertiary/aromatic N) is 4. The molecule has 3 rings (SSSR count). The molecule has 1 saturated heterocycles. The summed E-state index contributed by atoms with van der Waals surface area (Å²) in [5.41, 5.74) is 3.30. The van der Waals surface area contributed by atoms with Crippen LogP contribution in [-0.4, -0.2) is 36.6 Å². The highest BCUT2D eigenvalue weighted by molar-refractivity contribution is 5.60. The van der Waals surface area contributed by atoms with E-state index in [-0.39, 0.29) is 0 Å². The molecule has 0 aliphatic carbocycles. The van der Waals surface area contributed by atoms with Crippen LogP contribution in [0.5, 0.6) is 0 Å². The van der Waals surface area contributed by atoms with Gasteiger partial charge in [-0.15, -0.1) is 0 Å². The first-order valence-corrected chi connectivity index (χ1v) is 10.2. The highest BCUT2D eigenvalue weighted by Crippen LogP contribution is 2.25. The van der Waals surface area contributed by atoms with Crippen molar-refractivity contribution in [2.24, 2.45) is 5.92 Å². The van der Waals surface area contributed by atoms with E-state index in [1.165, 1.54) is 31.4 Å². The molecule has 0 saturated carbocycles. The lowest BCUT2D eigenvalue weighted by atomic mass is 9.99. The van der Waals surface area contributed by atoms with Gasteiger partial charge in [0.1, 0.15) is 5.82 Å². The normalized spacial score (nSPS) is 15.0. The van der Waals surface area contributed by atoms with E-state index >= 15 is 0 Å². The number of hydrogen-bond acceptors (Lipinski definition) is 5. The van der Waals surface area contributed by atoms with Crippen molar-refractivity contribution in [1.29, 1.82) is 0 Å². The first kappa shape index (κ1) is 19.5. The Hall–Kier alpha value is -2.30. The van der Waals surface area contributed by atoms with Crippen molar-refractivity contribution in [2.75, 3.05) is 41.8 Å². The summed E-state index contributed by atoms with van der Waals surface area (Å²) in [6, 6.07) is 10.7. The number of anilines is 4. The van der Waals surface area contributed by atoms with E-state index in [9.17, 15) is 0 Å². The van der Waals surface area contributed by atoms with Crippen LogP contribution in [-0.2, 0) is 0 Å². The van der Waals surface area contributed by atoms with E-state index in [2.05, 4.69) is 65.3 Å². The first-order valence-electron chi connectivity index (χ1n) is 10.2. The minimum Gasteiger partial charge on any atom is -0.372 e. The molecule has 0 unspecified atom stereocenters. The third kappa shape index (κ3) is 5.34. The molecule has 1 N–H and O–H groups in total. The molecular formula is C22H33N5. The topological polar surface area (TPSA) is 44.3 Å². The molecule has 0 amide bonds. The molecule has 1 aliphatic heterocycles. The Morgan fingerprint density at radius 2 is 1.85 bits per heavy atom. The van der Waals surface area contributed by atoms with Crippen LogP contribution in [0.2, 0.25) is 0 Å². The molecule has 1 aromatic carbocycles.